The summed E-state index contributed by atoms with van der Waals surface area (Å²) in [4.78, 5) is 0. The highest BCUT2D eigenvalue weighted by molar-refractivity contribution is 5.80. The van der Waals surface area contributed by atoms with Gasteiger partial charge in [0.15, 0.2) is 11.5 Å². The van der Waals surface area contributed by atoms with Crippen LogP contribution in [0.4, 0.5) is 0 Å². The molecule has 4 nitrogen and oxygen atoms in total. The molecule has 2 aromatic rings. The van der Waals surface area contributed by atoms with Gasteiger partial charge in [0, 0.05) is 0 Å². The van der Waals surface area contributed by atoms with E-state index < -0.39 is 0 Å². The van der Waals surface area contributed by atoms with Gasteiger partial charge in [0.2, 0.25) is 11.5 Å². The summed E-state index contributed by atoms with van der Waals surface area (Å²) in [6, 6.07) is 7.26. The van der Waals surface area contributed by atoms with Crippen molar-refractivity contribution in [3.05, 3.63) is 48.3 Å². The Morgan fingerprint density at radius 2 is 1.33 bits per heavy atom. The molecule has 0 aliphatic carbocycles. The zero-order chi connectivity index (χ0) is 12.8. The van der Waals surface area contributed by atoms with Crippen molar-refractivity contribution in [1.29, 1.82) is 0 Å². The van der Waals surface area contributed by atoms with Gasteiger partial charge >= 0.3 is 0 Å². The van der Waals surface area contributed by atoms with Gasteiger partial charge in [-0.05, 0) is 38.1 Å². The lowest BCUT2D eigenvalue weighted by molar-refractivity contribution is 0.248. The minimum Gasteiger partial charge on any atom is -0.487 e. The Hall–Kier alpha value is -2.10. The Kier molecular flexibility index (Phi) is 4.12. The Balaban J connectivity index is 2.47. The Bertz CT molecular complexity index is 434. The minimum absolute atomic E-state index is 0.521. The average Bonchev–Trinajstić information content (AvgIpc) is 3.05. The summed E-state index contributed by atoms with van der Waals surface area (Å²) in [5.74, 6) is 2.35. The van der Waals surface area contributed by atoms with E-state index in [9.17, 15) is 0 Å². The molecule has 0 spiro atoms. The van der Waals surface area contributed by atoms with Gasteiger partial charge in [0.05, 0.1) is 25.7 Å². The molecule has 18 heavy (non-hydrogen) atoms. The number of ether oxygens (including phenoxy) is 2. The molecule has 0 aliphatic heterocycles. The third-order valence-electron chi connectivity index (χ3n) is 2.27. The molecule has 0 N–H and O–H groups in total. The maximum absolute atomic E-state index is 5.63. The number of furan rings is 2. The molecule has 0 radical (unpaired) electrons. The van der Waals surface area contributed by atoms with E-state index in [1.54, 1.807) is 24.7 Å². The van der Waals surface area contributed by atoms with Crippen LogP contribution in [0.2, 0.25) is 0 Å². The molecular formula is C14H16O4. The highest BCUT2D eigenvalue weighted by Crippen LogP contribution is 2.29. The van der Waals surface area contributed by atoms with E-state index in [2.05, 4.69) is 0 Å². The highest BCUT2D eigenvalue weighted by atomic mass is 16.5. The molecule has 2 rings (SSSR count). The monoisotopic (exact) mass is 248 g/mol. The molecule has 0 amide bonds. The second-order valence-corrected chi connectivity index (χ2v) is 3.48. The summed E-state index contributed by atoms with van der Waals surface area (Å²) in [5.41, 5.74) is 0. The van der Waals surface area contributed by atoms with Crippen LogP contribution < -0.4 is 0 Å². The largest absolute Gasteiger partial charge is 0.487 e. The standard InChI is InChI=1S/C14H16O4/c1-3-15-13(11-7-5-9-17-11)14(16-4-2)12-8-6-10-18-12/h5-10H,3-4H2,1-2H3/b14-13+. The quantitative estimate of drug-likeness (QED) is 0.730. The van der Waals surface area contributed by atoms with E-state index in [0.717, 1.165) is 0 Å². The normalized spacial score (nSPS) is 12.1. The second kappa shape index (κ2) is 6.00. The molecular weight excluding hydrogens is 232 g/mol. The molecule has 96 valence electrons. The topological polar surface area (TPSA) is 44.7 Å². The molecule has 4 heteroatoms. The maximum Gasteiger partial charge on any atom is 0.208 e. The molecule has 2 heterocycles. The fourth-order valence-corrected chi connectivity index (χ4v) is 1.60. The molecule has 0 bridgehead atoms. The van der Waals surface area contributed by atoms with E-state index in [0.29, 0.717) is 36.3 Å². The molecule has 0 saturated heterocycles. The number of hydrogen-bond donors (Lipinski definition) is 0. The van der Waals surface area contributed by atoms with E-state index in [1.807, 2.05) is 26.0 Å². The Morgan fingerprint density at radius 1 is 0.889 bits per heavy atom. The van der Waals surface area contributed by atoms with Crippen LogP contribution in [-0.4, -0.2) is 13.2 Å². The summed E-state index contributed by atoms with van der Waals surface area (Å²) in [7, 11) is 0. The van der Waals surface area contributed by atoms with Crippen LogP contribution in [0.3, 0.4) is 0 Å². The van der Waals surface area contributed by atoms with Crippen molar-refractivity contribution in [2.75, 3.05) is 13.2 Å². The molecule has 0 aromatic carbocycles. The van der Waals surface area contributed by atoms with Gasteiger partial charge in [-0.3, -0.25) is 0 Å². The van der Waals surface area contributed by atoms with Crippen LogP contribution >= 0.6 is 0 Å². The first-order valence-electron chi connectivity index (χ1n) is 5.94. The van der Waals surface area contributed by atoms with Crippen LogP contribution in [0.25, 0.3) is 11.5 Å². The van der Waals surface area contributed by atoms with E-state index in [-0.39, 0.29) is 0 Å². The third-order valence-corrected chi connectivity index (χ3v) is 2.27. The summed E-state index contributed by atoms with van der Waals surface area (Å²) in [5, 5.41) is 0. The fraction of sp³-hybridized carbons (Fsp3) is 0.286. The van der Waals surface area contributed by atoms with Gasteiger partial charge in [-0.15, -0.1) is 0 Å². The summed E-state index contributed by atoms with van der Waals surface area (Å²) < 4.78 is 22.0. The first-order valence-corrected chi connectivity index (χ1v) is 5.94. The van der Waals surface area contributed by atoms with Gasteiger partial charge in [-0.2, -0.15) is 0 Å². The van der Waals surface area contributed by atoms with Crippen molar-refractivity contribution in [2.24, 2.45) is 0 Å². The van der Waals surface area contributed by atoms with Crippen LogP contribution in [0.1, 0.15) is 25.4 Å². The van der Waals surface area contributed by atoms with Crippen LogP contribution in [0.15, 0.2) is 45.6 Å². The van der Waals surface area contributed by atoms with Crippen molar-refractivity contribution in [2.45, 2.75) is 13.8 Å². The van der Waals surface area contributed by atoms with Crippen molar-refractivity contribution in [1.82, 2.24) is 0 Å². The minimum atomic E-state index is 0.521. The molecule has 0 saturated carbocycles. The van der Waals surface area contributed by atoms with Crippen molar-refractivity contribution in [3.63, 3.8) is 0 Å². The maximum atomic E-state index is 5.63. The molecule has 0 atom stereocenters. The van der Waals surface area contributed by atoms with E-state index in [4.69, 9.17) is 18.3 Å². The molecule has 0 fully saturated rings. The fourth-order valence-electron chi connectivity index (χ4n) is 1.60. The van der Waals surface area contributed by atoms with E-state index in [1.165, 1.54) is 0 Å². The lowest BCUT2D eigenvalue weighted by Crippen LogP contribution is -1.99. The number of rotatable bonds is 6. The first kappa shape index (κ1) is 12.4. The van der Waals surface area contributed by atoms with Gasteiger partial charge < -0.3 is 18.3 Å². The zero-order valence-electron chi connectivity index (χ0n) is 10.5. The Labute approximate surface area is 106 Å². The SMILES string of the molecule is CCO/C(=C(/OCC)c1ccco1)c1ccco1. The molecule has 0 unspecified atom stereocenters. The zero-order valence-corrected chi connectivity index (χ0v) is 10.5. The van der Waals surface area contributed by atoms with Gasteiger partial charge in [-0.25, -0.2) is 0 Å². The number of hydrogen-bond acceptors (Lipinski definition) is 4. The van der Waals surface area contributed by atoms with Gasteiger partial charge in [-0.1, -0.05) is 0 Å². The van der Waals surface area contributed by atoms with Gasteiger partial charge in [0.25, 0.3) is 0 Å². The van der Waals surface area contributed by atoms with E-state index >= 15 is 0 Å². The van der Waals surface area contributed by atoms with Crippen molar-refractivity contribution in [3.8, 4) is 0 Å². The van der Waals surface area contributed by atoms with Crippen LogP contribution in [0.5, 0.6) is 0 Å². The lowest BCUT2D eigenvalue weighted by atomic mass is 10.2. The predicted octanol–water partition coefficient (Wildman–Crippen LogP) is 3.77. The predicted molar refractivity (Wildman–Crippen MR) is 67.5 cm³/mol. The summed E-state index contributed by atoms with van der Waals surface area (Å²) in [6.45, 7) is 4.86. The smallest absolute Gasteiger partial charge is 0.208 e. The molecule has 0 aliphatic rings. The Morgan fingerprint density at radius 3 is 1.61 bits per heavy atom. The van der Waals surface area contributed by atoms with Crippen molar-refractivity contribution < 1.29 is 18.3 Å². The lowest BCUT2D eigenvalue weighted by Gasteiger charge is -2.12. The van der Waals surface area contributed by atoms with Crippen molar-refractivity contribution >= 4 is 11.5 Å². The first-order chi connectivity index (χ1) is 8.86. The third kappa shape index (κ3) is 2.59. The van der Waals surface area contributed by atoms with Crippen LogP contribution in [-0.2, 0) is 9.47 Å². The van der Waals surface area contributed by atoms with Crippen LogP contribution in [0, 0.1) is 0 Å². The second-order valence-electron chi connectivity index (χ2n) is 3.48. The molecule has 2 aromatic heterocycles. The summed E-state index contributed by atoms with van der Waals surface area (Å²) in [6.07, 6.45) is 3.19. The summed E-state index contributed by atoms with van der Waals surface area (Å²) >= 11 is 0. The average molecular weight is 248 g/mol. The highest BCUT2D eigenvalue weighted by Gasteiger charge is 2.18. The van der Waals surface area contributed by atoms with Gasteiger partial charge in [0.1, 0.15) is 0 Å².